The van der Waals surface area contributed by atoms with E-state index in [1.165, 1.54) is 0 Å². The minimum atomic E-state index is -3.16. The minimum Gasteiger partial charge on any atom is -0.316 e. The van der Waals surface area contributed by atoms with Gasteiger partial charge in [0.2, 0.25) is 10.0 Å². The monoisotopic (exact) mass is 274 g/mol. The van der Waals surface area contributed by atoms with Crippen LogP contribution in [0, 0.1) is 17.3 Å². The molecule has 2 saturated heterocycles. The summed E-state index contributed by atoms with van der Waals surface area (Å²) in [5.41, 5.74) is -0.441. The van der Waals surface area contributed by atoms with Crippen LogP contribution in [-0.4, -0.2) is 43.6 Å². The zero-order chi connectivity index (χ0) is 13.8. The highest BCUT2D eigenvalue weighted by Crippen LogP contribution is 2.42. The van der Waals surface area contributed by atoms with E-state index < -0.39 is 10.0 Å². The first-order valence-corrected chi connectivity index (χ1v) is 8.36. The molecule has 0 bridgehead atoms. The Kier molecular flexibility index (Phi) is 3.32. The van der Waals surface area contributed by atoms with Crippen molar-refractivity contribution in [1.29, 1.82) is 0 Å². The van der Waals surface area contributed by atoms with Crippen molar-refractivity contribution in [2.24, 2.45) is 17.3 Å². The van der Waals surface area contributed by atoms with Gasteiger partial charge in [-0.15, -0.1) is 0 Å². The Hall–Kier alpha value is -0.130. The average molecular weight is 274 g/mol. The van der Waals surface area contributed by atoms with Gasteiger partial charge in [-0.25, -0.2) is 8.42 Å². The molecule has 2 unspecified atom stereocenters. The summed E-state index contributed by atoms with van der Waals surface area (Å²) in [5.74, 6) is 1.16. The van der Waals surface area contributed by atoms with Crippen molar-refractivity contribution in [2.45, 2.75) is 40.2 Å². The fourth-order valence-corrected chi connectivity index (χ4v) is 6.00. The van der Waals surface area contributed by atoms with Crippen molar-refractivity contribution in [3.63, 3.8) is 0 Å². The molecule has 2 rings (SSSR count). The van der Waals surface area contributed by atoms with Crippen LogP contribution >= 0.6 is 0 Å². The molecule has 2 aliphatic heterocycles. The van der Waals surface area contributed by atoms with E-state index in [-0.39, 0.29) is 16.7 Å². The highest BCUT2D eigenvalue weighted by atomic mass is 32.2. The molecule has 0 amide bonds. The lowest BCUT2D eigenvalue weighted by Gasteiger charge is -2.36. The molecule has 4 nitrogen and oxygen atoms in total. The van der Waals surface area contributed by atoms with Gasteiger partial charge < -0.3 is 5.32 Å². The van der Waals surface area contributed by atoms with Crippen molar-refractivity contribution in [3.05, 3.63) is 0 Å². The van der Waals surface area contributed by atoms with Crippen LogP contribution < -0.4 is 5.32 Å². The summed E-state index contributed by atoms with van der Waals surface area (Å²) >= 11 is 0. The quantitative estimate of drug-likeness (QED) is 0.825. The van der Waals surface area contributed by atoms with Crippen LogP contribution in [0.2, 0.25) is 0 Å². The molecule has 0 aromatic carbocycles. The van der Waals surface area contributed by atoms with Crippen molar-refractivity contribution in [2.75, 3.05) is 25.4 Å². The van der Waals surface area contributed by atoms with Crippen LogP contribution in [-0.2, 0) is 10.0 Å². The first kappa shape index (κ1) is 14.3. The Bertz CT molecular complexity index is 423. The van der Waals surface area contributed by atoms with Gasteiger partial charge in [-0.3, -0.25) is 0 Å². The van der Waals surface area contributed by atoms with Crippen molar-refractivity contribution in [3.8, 4) is 0 Å². The maximum atomic E-state index is 12.6. The van der Waals surface area contributed by atoms with E-state index in [0.717, 1.165) is 13.1 Å². The Morgan fingerprint density at radius 3 is 2.39 bits per heavy atom. The molecule has 0 aromatic rings. The van der Waals surface area contributed by atoms with Gasteiger partial charge in [0, 0.05) is 18.6 Å². The highest BCUT2D eigenvalue weighted by Gasteiger charge is 2.53. The zero-order valence-electron chi connectivity index (χ0n) is 12.2. The second-order valence-electron chi connectivity index (χ2n) is 7.53. The molecule has 5 heteroatoms. The van der Waals surface area contributed by atoms with Crippen LogP contribution in [0.25, 0.3) is 0 Å². The van der Waals surface area contributed by atoms with E-state index in [4.69, 9.17) is 0 Å². The standard InChI is InChI=1S/C13H26N2O2S/c1-12(2,3)9-18(16,17)15-8-10-6-14-7-11(10)13(15,4)5/h10-11,14H,6-9H2,1-5H3. The third-order valence-electron chi connectivity index (χ3n) is 4.24. The molecule has 1 N–H and O–H groups in total. The zero-order valence-corrected chi connectivity index (χ0v) is 13.0. The number of nitrogens with zero attached hydrogens (tertiary/aromatic N) is 1. The van der Waals surface area contributed by atoms with E-state index >= 15 is 0 Å². The van der Waals surface area contributed by atoms with Crippen LogP contribution in [0.1, 0.15) is 34.6 Å². The van der Waals surface area contributed by atoms with E-state index in [1.54, 1.807) is 4.31 Å². The maximum absolute atomic E-state index is 12.6. The number of hydrogen-bond acceptors (Lipinski definition) is 3. The van der Waals surface area contributed by atoms with E-state index in [1.807, 2.05) is 20.8 Å². The summed E-state index contributed by atoms with van der Waals surface area (Å²) in [7, 11) is -3.16. The SMILES string of the molecule is CC(C)(C)CS(=O)(=O)N1CC2CNCC2C1(C)C. The largest absolute Gasteiger partial charge is 0.316 e. The van der Waals surface area contributed by atoms with Crippen molar-refractivity contribution in [1.82, 2.24) is 9.62 Å². The molecule has 2 fully saturated rings. The average Bonchev–Trinajstić information content (AvgIpc) is 2.64. The topological polar surface area (TPSA) is 49.4 Å². The molecule has 106 valence electrons. The molecule has 0 aromatic heterocycles. The summed E-state index contributed by atoms with van der Waals surface area (Å²) in [6.45, 7) is 12.7. The smallest absolute Gasteiger partial charge is 0.215 e. The lowest BCUT2D eigenvalue weighted by molar-refractivity contribution is 0.231. The lowest BCUT2D eigenvalue weighted by Crippen LogP contribution is -2.49. The number of sulfonamides is 1. The normalized spacial score (nSPS) is 32.7. The molecular weight excluding hydrogens is 248 g/mol. The summed E-state index contributed by atoms with van der Waals surface area (Å²) in [6, 6.07) is 0. The molecule has 0 spiro atoms. The van der Waals surface area contributed by atoms with Crippen molar-refractivity contribution >= 4 is 10.0 Å². The van der Waals surface area contributed by atoms with Gasteiger partial charge in [-0.1, -0.05) is 20.8 Å². The molecule has 2 atom stereocenters. The Labute approximate surface area is 111 Å². The summed E-state index contributed by atoms with van der Waals surface area (Å²) in [4.78, 5) is 0. The van der Waals surface area contributed by atoms with Gasteiger partial charge in [0.05, 0.1) is 5.75 Å². The van der Waals surface area contributed by atoms with Gasteiger partial charge in [0.1, 0.15) is 0 Å². The fraction of sp³-hybridized carbons (Fsp3) is 1.00. The maximum Gasteiger partial charge on any atom is 0.215 e. The second kappa shape index (κ2) is 4.18. The summed E-state index contributed by atoms with van der Waals surface area (Å²) < 4.78 is 27.0. The Morgan fingerprint density at radius 1 is 1.28 bits per heavy atom. The summed E-state index contributed by atoms with van der Waals surface area (Å²) in [6.07, 6.45) is 0. The molecule has 0 saturated carbocycles. The molecule has 0 radical (unpaired) electrons. The second-order valence-corrected chi connectivity index (χ2v) is 9.42. The first-order valence-electron chi connectivity index (χ1n) is 6.75. The van der Waals surface area contributed by atoms with Gasteiger partial charge in [-0.05, 0) is 37.6 Å². The third-order valence-corrected chi connectivity index (χ3v) is 6.76. The van der Waals surface area contributed by atoms with Gasteiger partial charge in [0.25, 0.3) is 0 Å². The Morgan fingerprint density at radius 2 is 1.89 bits per heavy atom. The predicted octanol–water partition coefficient (Wildman–Crippen LogP) is 1.29. The predicted molar refractivity (Wildman–Crippen MR) is 73.9 cm³/mol. The molecule has 18 heavy (non-hydrogen) atoms. The molecule has 2 aliphatic rings. The number of hydrogen-bond donors (Lipinski definition) is 1. The molecule has 0 aliphatic carbocycles. The lowest BCUT2D eigenvalue weighted by atomic mass is 9.85. The number of nitrogens with one attached hydrogen (secondary N) is 1. The van der Waals surface area contributed by atoms with Crippen LogP contribution in [0.3, 0.4) is 0 Å². The van der Waals surface area contributed by atoms with Crippen LogP contribution in [0.5, 0.6) is 0 Å². The van der Waals surface area contributed by atoms with Crippen molar-refractivity contribution < 1.29 is 8.42 Å². The Balaban J connectivity index is 2.24. The molecular formula is C13H26N2O2S. The van der Waals surface area contributed by atoms with Crippen LogP contribution in [0.15, 0.2) is 0 Å². The van der Waals surface area contributed by atoms with E-state index in [0.29, 0.717) is 18.4 Å². The van der Waals surface area contributed by atoms with Gasteiger partial charge in [0.15, 0.2) is 0 Å². The third kappa shape index (κ3) is 2.45. The molecule has 2 heterocycles. The highest BCUT2D eigenvalue weighted by molar-refractivity contribution is 7.89. The van der Waals surface area contributed by atoms with Crippen LogP contribution in [0.4, 0.5) is 0 Å². The van der Waals surface area contributed by atoms with Gasteiger partial charge in [-0.2, -0.15) is 4.31 Å². The van der Waals surface area contributed by atoms with E-state index in [2.05, 4.69) is 19.2 Å². The number of fused-ring (bicyclic) bond motifs is 1. The van der Waals surface area contributed by atoms with E-state index in [9.17, 15) is 8.42 Å². The van der Waals surface area contributed by atoms with Gasteiger partial charge >= 0.3 is 0 Å². The summed E-state index contributed by atoms with van der Waals surface area (Å²) in [5, 5.41) is 3.38. The first-order chi connectivity index (χ1) is 8.04. The fourth-order valence-electron chi connectivity index (χ4n) is 3.48. The minimum absolute atomic E-state index is 0.190. The number of rotatable bonds is 2.